The lowest BCUT2D eigenvalue weighted by Gasteiger charge is -2.19. The molecule has 39 heavy (non-hydrogen) atoms. The van der Waals surface area contributed by atoms with Gasteiger partial charge in [-0.3, -0.25) is 9.59 Å². The van der Waals surface area contributed by atoms with Gasteiger partial charge in [-0.2, -0.15) is 0 Å². The van der Waals surface area contributed by atoms with E-state index in [2.05, 4.69) is 10.6 Å². The Bertz CT molecular complexity index is 1340. The Labute approximate surface area is 240 Å². The van der Waals surface area contributed by atoms with Crippen LogP contribution in [0.3, 0.4) is 0 Å². The number of amides is 2. The summed E-state index contributed by atoms with van der Waals surface area (Å²) in [5, 5.41) is 8.13. The molecule has 1 aromatic heterocycles. The van der Waals surface area contributed by atoms with Crippen molar-refractivity contribution in [3.05, 3.63) is 75.1 Å². The number of hydrogen-bond acceptors (Lipinski definition) is 7. The van der Waals surface area contributed by atoms with Crippen molar-refractivity contribution in [3.8, 4) is 11.1 Å². The highest BCUT2D eigenvalue weighted by atomic mass is 35.5. The van der Waals surface area contributed by atoms with Crippen molar-refractivity contribution in [3.63, 3.8) is 0 Å². The third-order valence-electron chi connectivity index (χ3n) is 5.44. The molecule has 0 aliphatic heterocycles. The fourth-order valence-electron chi connectivity index (χ4n) is 3.66. The first-order chi connectivity index (χ1) is 18.6. The Morgan fingerprint density at radius 1 is 0.949 bits per heavy atom. The monoisotopic (exact) mass is 590 g/mol. The number of rotatable bonds is 11. The van der Waals surface area contributed by atoms with Crippen molar-refractivity contribution in [2.75, 3.05) is 18.5 Å². The lowest BCUT2D eigenvalue weighted by atomic mass is 10.0. The molecule has 0 unspecified atom stereocenters. The van der Waals surface area contributed by atoms with Crippen LogP contribution in [0.4, 0.5) is 5.00 Å². The van der Waals surface area contributed by atoms with Crippen LogP contribution in [0.15, 0.2) is 53.9 Å². The van der Waals surface area contributed by atoms with Gasteiger partial charge in [0.15, 0.2) is 6.61 Å². The predicted molar refractivity (Wildman–Crippen MR) is 152 cm³/mol. The van der Waals surface area contributed by atoms with E-state index in [4.69, 9.17) is 32.7 Å². The number of carbonyl (C=O) groups is 4. The van der Waals surface area contributed by atoms with Gasteiger partial charge < -0.3 is 20.1 Å². The van der Waals surface area contributed by atoms with Gasteiger partial charge in [-0.25, -0.2) is 9.59 Å². The fourth-order valence-corrected chi connectivity index (χ4v) is 4.99. The van der Waals surface area contributed by atoms with Gasteiger partial charge in [0, 0.05) is 32.1 Å². The molecule has 0 spiro atoms. The van der Waals surface area contributed by atoms with E-state index in [-0.39, 0.29) is 23.1 Å². The summed E-state index contributed by atoms with van der Waals surface area (Å²) in [7, 11) is 0. The summed E-state index contributed by atoms with van der Waals surface area (Å²) in [6, 6.07) is 12.3. The van der Waals surface area contributed by atoms with E-state index in [0.29, 0.717) is 33.2 Å². The molecular formula is C28H28Cl2N2O6S. The number of ether oxygens (including phenoxy) is 2. The zero-order chi connectivity index (χ0) is 28.5. The lowest BCUT2D eigenvalue weighted by molar-refractivity contribution is -0.149. The number of esters is 2. The minimum absolute atomic E-state index is 0.0587. The first-order valence-corrected chi connectivity index (χ1v) is 13.8. The van der Waals surface area contributed by atoms with Crippen molar-refractivity contribution in [2.45, 2.75) is 33.2 Å². The van der Waals surface area contributed by atoms with Gasteiger partial charge in [0.25, 0.3) is 11.8 Å². The number of hydrogen-bond donors (Lipinski definition) is 2. The highest BCUT2D eigenvalue weighted by molar-refractivity contribution is 7.15. The zero-order valence-corrected chi connectivity index (χ0v) is 23.9. The first kappa shape index (κ1) is 30.1. The molecule has 1 heterocycles. The summed E-state index contributed by atoms with van der Waals surface area (Å²) in [5.41, 5.74) is 1.61. The Kier molecular flexibility index (Phi) is 10.9. The normalized spacial score (nSPS) is 11.5. The molecule has 8 nitrogen and oxygen atoms in total. The Morgan fingerprint density at radius 3 is 2.28 bits per heavy atom. The van der Waals surface area contributed by atoms with E-state index in [1.54, 1.807) is 60.8 Å². The number of nitrogens with one attached hydrogen (secondary N) is 2. The van der Waals surface area contributed by atoms with Crippen molar-refractivity contribution < 1.29 is 28.7 Å². The maximum atomic E-state index is 12.8. The van der Waals surface area contributed by atoms with Gasteiger partial charge in [-0.05, 0) is 49.6 Å². The summed E-state index contributed by atoms with van der Waals surface area (Å²) in [6.07, 6.45) is 0.304. The fraction of sp³-hybridized carbons (Fsp3) is 0.286. The molecule has 0 fully saturated rings. The second-order valence-corrected chi connectivity index (χ2v) is 10.6. The maximum Gasteiger partial charge on any atom is 0.341 e. The summed E-state index contributed by atoms with van der Waals surface area (Å²) in [5.74, 6) is -2.45. The molecule has 3 aromatic rings. The minimum Gasteiger partial charge on any atom is -0.462 e. The topological polar surface area (TPSA) is 111 Å². The van der Waals surface area contributed by atoms with Crippen LogP contribution in [0.25, 0.3) is 11.1 Å². The third kappa shape index (κ3) is 8.29. The van der Waals surface area contributed by atoms with E-state index < -0.39 is 36.4 Å². The molecule has 2 amide bonds. The summed E-state index contributed by atoms with van der Waals surface area (Å²) < 4.78 is 10.4. The third-order valence-corrected chi connectivity index (χ3v) is 6.91. The molecule has 0 radical (unpaired) electrons. The van der Waals surface area contributed by atoms with Crippen LogP contribution in [-0.4, -0.2) is 43.0 Å². The number of benzene rings is 2. The van der Waals surface area contributed by atoms with Gasteiger partial charge in [-0.1, -0.05) is 55.2 Å². The highest BCUT2D eigenvalue weighted by Gasteiger charge is 2.27. The molecule has 2 aromatic carbocycles. The Hall–Kier alpha value is -3.40. The van der Waals surface area contributed by atoms with Gasteiger partial charge >= 0.3 is 11.9 Å². The van der Waals surface area contributed by atoms with Crippen LogP contribution < -0.4 is 10.6 Å². The number of thiophene rings is 1. The second-order valence-electron chi connectivity index (χ2n) is 8.87. The highest BCUT2D eigenvalue weighted by Crippen LogP contribution is 2.39. The molecule has 3 rings (SSSR count). The number of carbonyl (C=O) groups excluding carboxylic acids is 4. The van der Waals surface area contributed by atoms with Crippen LogP contribution in [-0.2, 0) is 19.1 Å². The molecule has 2 N–H and O–H groups in total. The quantitative estimate of drug-likeness (QED) is 0.256. The van der Waals surface area contributed by atoms with E-state index in [9.17, 15) is 19.2 Å². The summed E-state index contributed by atoms with van der Waals surface area (Å²) in [6.45, 7) is 4.99. The largest absolute Gasteiger partial charge is 0.462 e. The molecule has 1 atom stereocenters. The molecular weight excluding hydrogens is 563 g/mol. The van der Waals surface area contributed by atoms with Crippen molar-refractivity contribution >= 4 is 63.3 Å². The average molecular weight is 592 g/mol. The van der Waals surface area contributed by atoms with Gasteiger partial charge in [0.2, 0.25) is 0 Å². The van der Waals surface area contributed by atoms with E-state index in [0.717, 1.165) is 11.3 Å². The molecule has 11 heteroatoms. The van der Waals surface area contributed by atoms with Gasteiger partial charge in [-0.15, -0.1) is 11.3 Å². The van der Waals surface area contributed by atoms with Crippen LogP contribution in [0.1, 0.15) is 47.9 Å². The van der Waals surface area contributed by atoms with Crippen molar-refractivity contribution in [1.29, 1.82) is 0 Å². The Balaban J connectivity index is 1.70. The molecule has 0 aliphatic carbocycles. The minimum atomic E-state index is -0.968. The van der Waals surface area contributed by atoms with Crippen LogP contribution in [0.5, 0.6) is 0 Å². The van der Waals surface area contributed by atoms with E-state index in [1.165, 1.54) is 0 Å². The second kappa shape index (κ2) is 14.1. The predicted octanol–water partition coefficient (Wildman–Crippen LogP) is 6.23. The molecule has 206 valence electrons. The van der Waals surface area contributed by atoms with E-state index >= 15 is 0 Å². The van der Waals surface area contributed by atoms with Gasteiger partial charge in [0.1, 0.15) is 16.6 Å². The number of anilines is 1. The molecule has 0 saturated carbocycles. The molecule has 0 aliphatic rings. The summed E-state index contributed by atoms with van der Waals surface area (Å²) >= 11 is 13.3. The van der Waals surface area contributed by atoms with Crippen LogP contribution in [0, 0.1) is 5.92 Å². The SMILES string of the molecule is CCOC(=O)c1c(-c2ccccc2Cl)csc1NC(=O)COC(=O)[C@H](CC(C)C)NC(=O)c1ccc(Cl)cc1. The standard InChI is InChI=1S/C28H28Cl2N2O6S/c1-4-37-28(36)24-20(19-7-5-6-8-21(19)30)15-39-26(24)32-23(33)14-38-27(35)22(13-16(2)3)31-25(34)17-9-11-18(29)12-10-17/h5-12,15-16,22H,4,13-14H2,1-3H3,(H,31,34)(H,32,33)/t22-/m0/s1. The average Bonchev–Trinajstić information content (AvgIpc) is 3.30. The zero-order valence-electron chi connectivity index (χ0n) is 21.6. The van der Waals surface area contributed by atoms with Crippen molar-refractivity contribution in [2.24, 2.45) is 5.92 Å². The van der Waals surface area contributed by atoms with Crippen LogP contribution >= 0.6 is 34.5 Å². The first-order valence-electron chi connectivity index (χ1n) is 12.2. The molecule has 0 saturated heterocycles. The Morgan fingerprint density at radius 2 is 1.64 bits per heavy atom. The summed E-state index contributed by atoms with van der Waals surface area (Å²) in [4.78, 5) is 50.9. The smallest absolute Gasteiger partial charge is 0.341 e. The number of halogens is 2. The van der Waals surface area contributed by atoms with Crippen molar-refractivity contribution in [1.82, 2.24) is 5.32 Å². The van der Waals surface area contributed by atoms with E-state index in [1.807, 2.05) is 13.8 Å². The maximum absolute atomic E-state index is 12.8. The van der Waals surface area contributed by atoms with Gasteiger partial charge in [0.05, 0.1) is 6.61 Å². The lowest BCUT2D eigenvalue weighted by Crippen LogP contribution is -2.43. The van der Waals surface area contributed by atoms with Crippen LogP contribution in [0.2, 0.25) is 10.0 Å². The molecule has 0 bridgehead atoms.